The van der Waals surface area contributed by atoms with Gasteiger partial charge in [0.2, 0.25) is 0 Å². The fourth-order valence-electron chi connectivity index (χ4n) is 15.7. The molecule has 2 aliphatic heterocycles. The van der Waals surface area contributed by atoms with Crippen LogP contribution in [0.5, 0.6) is 0 Å². The lowest BCUT2D eigenvalue weighted by molar-refractivity contribution is -0.906. The largest absolute Gasteiger partial charge is 1.00 e. The van der Waals surface area contributed by atoms with Crippen molar-refractivity contribution in [3.63, 3.8) is 0 Å². The Morgan fingerprint density at radius 1 is 0.548 bits per heavy atom. The van der Waals surface area contributed by atoms with Crippen LogP contribution >= 0.6 is 62.3 Å². The fraction of sp³-hybridized carbons (Fsp3) is 0.595. The summed E-state index contributed by atoms with van der Waals surface area (Å²) in [6.45, 7) is 10.00. The standard InChI is InChI=1S/C42H57Cl2FN3O5S.C37H44BrCl2FN2O5S.BrH/c1-4-48(3,5-2)21-12-10-8-6-7-9-11-13-22-54(50,51)28-38(49)30-19-20-37(36(45)24-30)47-26-31-23-32(47)25-39(31)52-27-33-41(46-53-42(33)29-17-18-29)40-34(43)15-14-16-35(40)44;38-16-7-5-3-1-2-4-6-8-17-49(45,46)23-33(44)25-14-15-32(31(41)19-25)43-21-26-18-27(43)20-34(26)47-22-28-36(42-48-37(28)24-12-13-24)35-29(39)10-9-11-30(35)40;/h14-16,19-20,24,29,31-32,39H,4-13,17-18,21-23,25-28H2,1-3H3;9-11,14-15,19,24,26-27,34H,1-8,12-13,16-18,20-23H2;1H/q+1;;/p-1/t31-,32-,39+;26-,27-,34+;/m00./s1. The molecule has 0 amide bonds. The third-order valence-corrected chi connectivity index (χ3v) is 27.4. The second-order valence-corrected chi connectivity index (χ2v) is 36.7. The maximum atomic E-state index is 15.5. The number of quaternary nitrogens is 1. The summed E-state index contributed by atoms with van der Waals surface area (Å²) in [4.78, 5) is 29.9. The molecule has 4 heterocycles. The summed E-state index contributed by atoms with van der Waals surface area (Å²) in [6.07, 6.45) is 24.1. The zero-order chi connectivity index (χ0) is 73.0. The number of unbranched alkanes of at least 4 members (excludes halogenated alkanes) is 14. The summed E-state index contributed by atoms with van der Waals surface area (Å²) in [5.41, 5.74) is 5.36. The van der Waals surface area contributed by atoms with E-state index in [1.807, 2.05) is 0 Å². The molecule has 6 atom stereocenters. The highest BCUT2D eigenvalue weighted by Crippen LogP contribution is 2.50. The first-order chi connectivity index (χ1) is 49.6. The number of halogens is 8. The number of rotatable bonds is 41. The first kappa shape index (κ1) is 82.5. The molecule has 4 aromatic carbocycles. The molecule has 4 saturated carbocycles. The van der Waals surface area contributed by atoms with Crippen LogP contribution in [0.3, 0.4) is 0 Å². The highest BCUT2D eigenvalue weighted by Gasteiger charge is 2.48. The Hall–Kier alpha value is -4.00. The lowest BCUT2D eigenvalue weighted by atomic mass is 10.0. The molecule has 570 valence electrons. The first-order valence-corrected chi connectivity index (χ1v) is 43.9. The summed E-state index contributed by atoms with van der Waals surface area (Å²) in [7, 11) is -4.81. The number of sulfone groups is 2. The van der Waals surface area contributed by atoms with Crippen molar-refractivity contribution >= 4 is 105 Å². The number of fused-ring (bicyclic) bond motifs is 4. The van der Waals surface area contributed by atoms with Crippen LogP contribution in [-0.4, -0.2) is 136 Å². The van der Waals surface area contributed by atoms with Gasteiger partial charge in [0.15, 0.2) is 31.2 Å². The molecule has 0 radical (unpaired) electrons. The number of anilines is 2. The lowest BCUT2D eigenvalue weighted by Gasteiger charge is -2.33. The van der Waals surface area contributed by atoms with Crippen LogP contribution in [0.1, 0.15) is 223 Å². The maximum absolute atomic E-state index is 15.5. The maximum Gasteiger partial charge on any atom is 0.177 e. The predicted molar refractivity (Wildman–Crippen MR) is 411 cm³/mol. The number of Topliss-reactive ketones (excluding diaryl/α,β-unsaturated/α-hetero) is 2. The van der Waals surface area contributed by atoms with E-state index in [1.54, 1.807) is 60.7 Å². The van der Waals surface area contributed by atoms with Gasteiger partial charge < -0.3 is 49.8 Å². The van der Waals surface area contributed by atoms with Crippen LogP contribution in [0.15, 0.2) is 81.8 Å². The van der Waals surface area contributed by atoms with Crippen molar-refractivity contribution < 1.29 is 75.2 Å². The molecule has 2 aromatic heterocycles. The Kier molecular flexibility index (Phi) is 30.2. The number of carbonyl (C=O) groups excluding carboxylic acids is 2. The molecule has 0 N–H and O–H groups in total. The molecule has 6 aromatic rings. The van der Waals surface area contributed by atoms with Gasteiger partial charge in [-0.1, -0.05) is 155 Å². The van der Waals surface area contributed by atoms with E-state index in [4.69, 9.17) is 64.9 Å². The first-order valence-electron chi connectivity index (χ1n) is 37.6. The molecule has 12 rings (SSSR count). The molecule has 6 aliphatic rings. The van der Waals surface area contributed by atoms with E-state index in [9.17, 15) is 26.4 Å². The van der Waals surface area contributed by atoms with Crippen LogP contribution in [0.2, 0.25) is 20.1 Å². The number of aromatic nitrogens is 2. The van der Waals surface area contributed by atoms with Crippen LogP contribution < -0.4 is 26.8 Å². The van der Waals surface area contributed by atoms with Gasteiger partial charge >= 0.3 is 0 Å². The summed E-state index contributed by atoms with van der Waals surface area (Å²) in [5.74, 6) is -0.607. The van der Waals surface area contributed by atoms with Crippen LogP contribution in [0.4, 0.5) is 20.2 Å². The van der Waals surface area contributed by atoms with E-state index in [2.05, 4.69) is 56.9 Å². The van der Waals surface area contributed by atoms with Gasteiger partial charge in [0.1, 0.15) is 46.0 Å². The van der Waals surface area contributed by atoms with E-state index < -0.39 is 54.4 Å². The molecule has 25 heteroatoms. The molecule has 6 fully saturated rings. The van der Waals surface area contributed by atoms with Gasteiger partial charge in [-0.05, 0) is 158 Å². The van der Waals surface area contributed by atoms with Gasteiger partial charge in [-0.2, -0.15) is 0 Å². The summed E-state index contributed by atoms with van der Waals surface area (Å²) < 4.78 is 108. The van der Waals surface area contributed by atoms with Gasteiger partial charge in [0.05, 0.1) is 95.1 Å². The molecule has 104 heavy (non-hydrogen) atoms. The Labute approximate surface area is 653 Å². The Morgan fingerprint density at radius 3 is 1.25 bits per heavy atom. The zero-order valence-electron chi connectivity index (χ0n) is 60.2. The second-order valence-electron chi connectivity index (χ2n) is 29.9. The Balaban J connectivity index is 0.000000222. The number of ether oxygens (including phenoxy) is 2. The third kappa shape index (κ3) is 21.5. The van der Waals surface area contributed by atoms with Gasteiger partial charge in [-0.15, -0.1) is 0 Å². The molecule has 15 nitrogen and oxygen atoms in total. The minimum atomic E-state index is -3.57. The SMILES string of the molecule is CC[N+](C)(CC)CCCCCCCCCCS(=O)(=O)CC(=O)c1ccc(N2C[C@@H]3C[C@H]2C[C@H]3OCc2c(-c3c(Cl)cccc3Cl)noc2C2CC2)c(F)c1.O=C(CS(=O)(=O)CCCCCCCCCCBr)c1ccc(N2C[C@@H]3C[C@H]2C[C@H]3OCc2c(-c3c(Cl)cccc3Cl)noc2C2CC2)c(F)c1.[Br-]. The second kappa shape index (κ2) is 38.1. The van der Waals surface area contributed by atoms with Crippen molar-refractivity contribution in [3.8, 4) is 22.5 Å². The topological polar surface area (TPSA) is 179 Å². The van der Waals surface area contributed by atoms with Gasteiger partial charge in [0.25, 0.3) is 0 Å². The Morgan fingerprint density at radius 2 is 0.913 bits per heavy atom. The number of ketones is 2. The molecular formula is C79H101Br2Cl4F2N5O10S2. The molecule has 0 unspecified atom stereocenters. The number of alkyl halides is 1. The van der Waals surface area contributed by atoms with Crippen molar-refractivity contribution in [1.29, 1.82) is 0 Å². The van der Waals surface area contributed by atoms with Crippen molar-refractivity contribution in [3.05, 3.63) is 138 Å². The molecule has 0 spiro atoms. The average molecular weight is 1680 g/mol. The summed E-state index contributed by atoms with van der Waals surface area (Å²) in [6, 6.07) is 19.7. The van der Waals surface area contributed by atoms with Gasteiger partial charge in [-0.25, -0.2) is 25.6 Å². The van der Waals surface area contributed by atoms with Crippen molar-refractivity contribution in [2.45, 2.75) is 217 Å². The van der Waals surface area contributed by atoms with Crippen LogP contribution in [-0.2, 0) is 42.4 Å². The zero-order valence-corrected chi connectivity index (χ0v) is 68.0. The molecule has 2 saturated heterocycles. The molecule has 4 bridgehead atoms. The lowest BCUT2D eigenvalue weighted by Crippen LogP contribution is -3.00. The van der Waals surface area contributed by atoms with Crippen molar-refractivity contribution in [2.24, 2.45) is 11.8 Å². The van der Waals surface area contributed by atoms with Crippen LogP contribution in [0.25, 0.3) is 22.5 Å². The van der Waals surface area contributed by atoms with E-state index in [1.165, 1.54) is 83.1 Å². The summed E-state index contributed by atoms with van der Waals surface area (Å²) >= 11 is 29.5. The fourth-order valence-corrected chi connectivity index (χ4v) is 20.0. The number of benzene rings is 4. The molecule has 4 aliphatic carbocycles. The minimum Gasteiger partial charge on any atom is -1.00 e. The highest BCUT2D eigenvalue weighted by molar-refractivity contribution is 9.09. The average Bonchev–Trinajstić information content (AvgIpc) is 1.57. The van der Waals surface area contributed by atoms with Crippen molar-refractivity contribution in [1.82, 2.24) is 10.3 Å². The van der Waals surface area contributed by atoms with Gasteiger partial charge in [-0.3, -0.25) is 9.59 Å². The van der Waals surface area contributed by atoms with Crippen LogP contribution in [0, 0.1) is 23.5 Å². The smallest absolute Gasteiger partial charge is 0.177 e. The predicted octanol–water partition coefficient (Wildman–Crippen LogP) is 17.0. The highest BCUT2D eigenvalue weighted by atomic mass is 79.9. The molecular weight excluding hydrogens is 1580 g/mol. The van der Waals surface area contributed by atoms with E-state index >= 15 is 8.78 Å². The quantitative estimate of drug-likeness (QED) is 0.0153. The minimum absolute atomic E-state index is 0. The number of carbonyl (C=O) groups is 2. The van der Waals surface area contributed by atoms with Gasteiger partial charge in [0, 0.05) is 87.6 Å². The van der Waals surface area contributed by atoms with Crippen molar-refractivity contribution in [2.75, 3.05) is 77.9 Å². The number of hydrogen-bond acceptors (Lipinski definition) is 14. The number of nitrogens with zero attached hydrogens (tertiary/aromatic N) is 5. The van der Waals surface area contributed by atoms with E-state index in [0.29, 0.717) is 105 Å². The van der Waals surface area contributed by atoms with E-state index in [0.717, 1.165) is 122 Å². The number of piperidine rings is 2. The number of hydrogen-bond donors (Lipinski definition) is 0. The van der Waals surface area contributed by atoms with E-state index in [-0.39, 0.29) is 75.7 Å². The monoisotopic (exact) mass is 1680 g/mol. The normalized spacial score (nSPS) is 20.0. The third-order valence-electron chi connectivity index (χ3n) is 22.4. The Bertz CT molecular complexity index is 4080. The summed E-state index contributed by atoms with van der Waals surface area (Å²) in [5, 5.41) is 11.8.